The Labute approximate surface area is 104 Å². The van der Waals surface area contributed by atoms with Crippen molar-refractivity contribution in [2.45, 2.75) is 26.1 Å². The number of hydrogen-bond donors (Lipinski definition) is 0. The first kappa shape index (κ1) is 11.4. The highest BCUT2D eigenvalue weighted by Crippen LogP contribution is 2.27. The molecule has 0 spiro atoms. The van der Waals surface area contributed by atoms with Crippen LogP contribution in [-0.2, 0) is 5.33 Å². The molecule has 0 atom stereocenters. The van der Waals surface area contributed by atoms with Gasteiger partial charge in [0, 0.05) is 12.5 Å². The minimum Gasteiger partial charge on any atom is -0.444 e. The van der Waals surface area contributed by atoms with Gasteiger partial charge in [0.05, 0.1) is 5.33 Å². The normalized spacial score (nSPS) is 10.8. The van der Waals surface area contributed by atoms with Crippen molar-refractivity contribution in [2.75, 3.05) is 0 Å². The van der Waals surface area contributed by atoms with Crippen LogP contribution in [0.2, 0.25) is 0 Å². The van der Waals surface area contributed by atoms with Crippen LogP contribution in [-0.4, -0.2) is 4.98 Å². The number of aryl methyl sites for hydroxylation is 3. The van der Waals surface area contributed by atoms with Crippen molar-refractivity contribution < 1.29 is 4.42 Å². The number of halogens is 1. The second kappa shape index (κ2) is 4.42. The molecule has 3 heteroatoms. The Balaban J connectivity index is 2.53. The van der Waals surface area contributed by atoms with Gasteiger partial charge >= 0.3 is 0 Å². The van der Waals surface area contributed by atoms with E-state index >= 15 is 0 Å². The van der Waals surface area contributed by atoms with E-state index in [2.05, 4.69) is 53.0 Å². The first-order valence-corrected chi connectivity index (χ1v) is 6.34. The van der Waals surface area contributed by atoms with Crippen molar-refractivity contribution in [1.82, 2.24) is 4.98 Å². The molecule has 1 aromatic carbocycles. The first-order chi connectivity index (χ1) is 7.61. The number of rotatable bonds is 2. The van der Waals surface area contributed by atoms with Gasteiger partial charge in [-0.1, -0.05) is 28.1 Å². The van der Waals surface area contributed by atoms with Crippen molar-refractivity contribution >= 4 is 15.9 Å². The maximum absolute atomic E-state index is 5.53. The van der Waals surface area contributed by atoms with E-state index in [0.717, 1.165) is 17.0 Å². The predicted molar refractivity (Wildman–Crippen MR) is 68.8 cm³/mol. The lowest BCUT2D eigenvalue weighted by atomic mass is 10.0. The smallest absolute Gasteiger partial charge is 0.191 e. The van der Waals surface area contributed by atoms with Gasteiger partial charge in [0.15, 0.2) is 5.89 Å². The second-order valence-electron chi connectivity index (χ2n) is 3.94. The van der Waals surface area contributed by atoms with Gasteiger partial charge in [-0.15, -0.1) is 0 Å². The molecule has 0 aliphatic heterocycles. The van der Waals surface area contributed by atoms with Crippen LogP contribution in [0.3, 0.4) is 0 Å². The lowest BCUT2D eigenvalue weighted by Crippen LogP contribution is -1.86. The largest absolute Gasteiger partial charge is 0.444 e. The molecule has 0 saturated heterocycles. The maximum atomic E-state index is 5.53. The van der Waals surface area contributed by atoms with Gasteiger partial charge in [-0.3, -0.25) is 0 Å². The number of oxazole rings is 1. The molecule has 16 heavy (non-hydrogen) atoms. The lowest BCUT2D eigenvalue weighted by molar-refractivity contribution is 0.492. The average molecular weight is 280 g/mol. The van der Waals surface area contributed by atoms with Crippen molar-refractivity contribution in [1.29, 1.82) is 0 Å². The van der Waals surface area contributed by atoms with Crippen molar-refractivity contribution in [3.8, 4) is 11.3 Å². The van der Waals surface area contributed by atoms with Gasteiger partial charge in [-0.2, -0.15) is 0 Å². The van der Waals surface area contributed by atoms with E-state index in [4.69, 9.17) is 4.42 Å². The van der Waals surface area contributed by atoms with Crippen molar-refractivity contribution in [2.24, 2.45) is 0 Å². The van der Waals surface area contributed by atoms with E-state index in [1.54, 1.807) is 0 Å². The highest BCUT2D eigenvalue weighted by molar-refractivity contribution is 9.08. The monoisotopic (exact) mass is 279 g/mol. The van der Waals surface area contributed by atoms with Gasteiger partial charge in [-0.05, 0) is 31.0 Å². The number of nitrogens with zero attached hydrogens (tertiary/aromatic N) is 1. The zero-order valence-electron chi connectivity index (χ0n) is 9.67. The van der Waals surface area contributed by atoms with Crippen LogP contribution in [0, 0.1) is 20.8 Å². The van der Waals surface area contributed by atoms with Crippen LogP contribution in [0.4, 0.5) is 0 Å². The van der Waals surface area contributed by atoms with Crippen LogP contribution >= 0.6 is 15.9 Å². The average Bonchev–Trinajstić information content (AvgIpc) is 2.63. The number of hydrogen-bond acceptors (Lipinski definition) is 2. The van der Waals surface area contributed by atoms with Gasteiger partial charge in [-0.25, -0.2) is 4.98 Å². The number of aromatic nitrogens is 1. The van der Waals surface area contributed by atoms with Crippen molar-refractivity contribution in [3.63, 3.8) is 0 Å². The van der Waals surface area contributed by atoms with Gasteiger partial charge in [0.1, 0.15) is 11.5 Å². The Bertz CT molecular complexity index is 517. The summed E-state index contributed by atoms with van der Waals surface area (Å²) in [6, 6.07) is 6.36. The Hall–Kier alpha value is -1.09. The fourth-order valence-electron chi connectivity index (χ4n) is 1.67. The van der Waals surface area contributed by atoms with Crippen LogP contribution in [0.15, 0.2) is 22.6 Å². The number of benzene rings is 1. The fourth-order valence-corrected chi connectivity index (χ4v) is 2.05. The quantitative estimate of drug-likeness (QED) is 0.772. The van der Waals surface area contributed by atoms with E-state index in [0.29, 0.717) is 11.2 Å². The SMILES string of the molecule is Cc1nc(-c2ccc(C)c(C)c2)c(CBr)o1. The summed E-state index contributed by atoms with van der Waals surface area (Å²) < 4.78 is 5.53. The van der Waals surface area contributed by atoms with Crippen LogP contribution < -0.4 is 0 Å². The minimum absolute atomic E-state index is 0.691. The molecule has 1 heterocycles. The Morgan fingerprint density at radius 2 is 1.94 bits per heavy atom. The Morgan fingerprint density at radius 1 is 1.19 bits per heavy atom. The third-order valence-electron chi connectivity index (χ3n) is 2.71. The molecule has 1 aromatic heterocycles. The summed E-state index contributed by atoms with van der Waals surface area (Å²) in [7, 11) is 0. The molecule has 0 aliphatic carbocycles. The van der Waals surface area contributed by atoms with Gasteiger partial charge in [0.25, 0.3) is 0 Å². The zero-order chi connectivity index (χ0) is 11.7. The molecule has 0 radical (unpaired) electrons. The summed E-state index contributed by atoms with van der Waals surface area (Å²) in [5.41, 5.74) is 4.63. The highest BCUT2D eigenvalue weighted by Gasteiger charge is 2.12. The molecular weight excluding hydrogens is 266 g/mol. The second-order valence-corrected chi connectivity index (χ2v) is 4.50. The Morgan fingerprint density at radius 3 is 2.56 bits per heavy atom. The predicted octanol–water partition coefficient (Wildman–Crippen LogP) is 4.16. The van der Waals surface area contributed by atoms with E-state index in [1.807, 2.05) is 6.92 Å². The van der Waals surface area contributed by atoms with E-state index in [9.17, 15) is 0 Å². The summed E-state index contributed by atoms with van der Waals surface area (Å²) in [5.74, 6) is 1.60. The molecule has 0 amide bonds. The summed E-state index contributed by atoms with van der Waals surface area (Å²) in [6.45, 7) is 6.09. The minimum atomic E-state index is 0.691. The van der Waals surface area contributed by atoms with Crippen LogP contribution in [0.5, 0.6) is 0 Å². The molecule has 0 aliphatic rings. The number of alkyl halides is 1. The summed E-state index contributed by atoms with van der Waals surface area (Å²) in [5, 5.41) is 0.691. The summed E-state index contributed by atoms with van der Waals surface area (Å²) in [6.07, 6.45) is 0. The molecule has 84 valence electrons. The van der Waals surface area contributed by atoms with Crippen LogP contribution in [0.1, 0.15) is 22.8 Å². The third-order valence-corrected chi connectivity index (χ3v) is 3.22. The standard InChI is InChI=1S/C13H14BrNO/c1-8-4-5-11(6-9(8)2)13-12(7-14)16-10(3)15-13/h4-6H,7H2,1-3H3. The molecular formula is C13H14BrNO. The van der Waals surface area contributed by atoms with E-state index in [-0.39, 0.29) is 0 Å². The molecule has 0 fully saturated rings. The topological polar surface area (TPSA) is 26.0 Å². The molecule has 0 unspecified atom stereocenters. The molecule has 0 N–H and O–H groups in total. The van der Waals surface area contributed by atoms with Gasteiger partial charge < -0.3 is 4.42 Å². The molecule has 0 saturated carbocycles. The first-order valence-electron chi connectivity index (χ1n) is 5.21. The zero-order valence-corrected chi connectivity index (χ0v) is 11.3. The van der Waals surface area contributed by atoms with E-state index in [1.165, 1.54) is 11.1 Å². The van der Waals surface area contributed by atoms with Gasteiger partial charge in [0.2, 0.25) is 0 Å². The molecule has 2 rings (SSSR count). The Kier molecular flexibility index (Phi) is 3.15. The molecule has 2 aromatic rings. The fraction of sp³-hybridized carbons (Fsp3) is 0.308. The summed E-state index contributed by atoms with van der Waals surface area (Å²) >= 11 is 3.42. The molecule has 0 bridgehead atoms. The third kappa shape index (κ3) is 2.05. The van der Waals surface area contributed by atoms with Crippen molar-refractivity contribution in [3.05, 3.63) is 41.0 Å². The van der Waals surface area contributed by atoms with E-state index < -0.39 is 0 Å². The van der Waals surface area contributed by atoms with Crippen LogP contribution in [0.25, 0.3) is 11.3 Å². The molecule has 2 nitrogen and oxygen atoms in total. The summed E-state index contributed by atoms with van der Waals surface area (Å²) in [4.78, 5) is 4.43. The lowest BCUT2D eigenvalue weighted by Gasteiger charge is -2.03. The highest BCUT2D eigenvalue weighted by atomic mass is 79.9. The maximum Gasteiger partial charge on any atom is 0.191 e.